The van der Waals surface area contributed by atoms with E-state index in [1.54, 1.807) is 0 Å². The summed E-state index contributed by atoms with van der Waals surface area (Å²) in [6, 6.07) is 8.48. The van der Waals surface area contributed by atoms with Gasteiger partial charge in [-0.25, -0.2) is 0 Å². The molecule has 0 bridgehead atoms. The summed E-state index contributed by atoms with van der Waals surface area (Å²) in [5.74, 6) is 0. The molecule has 4 rings (SSSR count). The first kappa shape index (κ1) is 29.3. The summed E-state index contributed by atoms with van der Waals surface area (Å²) in [7, 11) is -1.12. The molecule has 2 aliphatic heterocycles. The van der Waals surface area contributed by atoms with Gasteiger partial charge in [-0.05, 0) is 102 Å². The maximum absolute atomic E-state index is 6.39. The molecule has 8 heteroatoms. The molecule has 38 heavy (non-hydrogen) atoms. The van der Waals surface area contributed by atoms with Crippen LogP contribution in [0.15, 0.2) is 24.3 Å². The minimum atomic E-state index is -0.561. The van der Waals surface area contributed by atoms with Crippen LogP contribution >= 0.6 is 0 Å². The summed E-state index contributed by atoms with van der Waals surface area (Å²) in [5.41, 5.74) is 3.35. The third kappa shape index (κ3) is 5.34. The van der Waals surface area contributed by atoms with Gasteiger partial charge in [0.25, 0.3) is 0 Å². The monoisotopic (exact) mass is 520 g/mol. The van der Waals surface area contributed by atoms with Crippen LogP contribution in [0.4, 0.5) is 0 Å². The molecule has 0 saturated carbocycles. The summed E-state index contributed by atoms with van der Waals surface area (Å²) in [6.45, 7) is 29.7. The van der Waals surface area contributed by atoms with Crippen molar-refractivity contribution in [1.82, 2.24) is 9.97 Å². The first-order chi connectivity index (χ1) is 17.0. The molecular weight excluding hydrogens is 474 g/mol. The molecule has 0 atom stereocenters. The highest BCUT2D eigenvalue weighted by atomic mass is 16.7. The first-order valence-electron chi connectivity index (χ1n) is 13.8. The van der Waals surface area contributed by atoms with Crippen LogP contribution in [-0.2, 0) is 29.4 Å². The van der Waals surface area contributed by atoms with E-state index in [1.165, 1.54) is 0 Å². The molecule has 2 saturated heterocycles. The van der Waals surface area contributed by atoms with Crippen molar-refractivity contribution in [2.24, 2.45) is 0 Å². The summed E-state index contributed by atoms with van der Waals surface area (Å²) in [5, 5.41) is 0. The lowest BCUT2D eigenvalue weighted by molar-refractivity contribution is 0.00578. The molecule has 206 valence electrons. The Labute approximate surface area is 230 Å². The van der Waals surface area contributed by atoms with Gasteiger partial charge in [-0.1, -0.05) is 41.5 Å². The Morgan fingerprint density at radius 3 is 1.00 bits per heavy atom. The maximum Gasteiger partial charge on any atom is 0.514 e. The molecule has 0 aliphatic carbocycles. The number of nitrogens with zero attached hydrogens (tertiary/aromatic N) is 2. The van der Waals surface area contributed by atoms with Crippen LogP contribution in [0.1, 0.15) is 108 Å². The van der Waals surface area contributed by atoms with Gasteiger partial charge in [-0.3, -0.25) is 9.97 Å². The van der Waals surface area contributed by atoms with Crippen LogP contribution in [0, 0.1) is 0 Å². The zero-order valence-electron chi connectivity index (χ0n) is 26.0. The van der Waals surface area contributed by atoms with Crippen molar-refractivity contribution in [1.29, 1.82) is 0 Å². The van der Waals surface area contributed by atoms with Crippen molar-refractivity contribution < 1.29 is 18.6 Å². The van der Waals surface area contributed by atoms with Crippen molar-refractivity contribution in [3.05, 3.63) is 35.4 Å². The predicted molar refractivity (Wildman–Crippen MR) is 156 cm³/mol. The van der Waals surface area contributed by atoms with Crippen molar-refractivity contribution in [3.63, 3.8) is 0 Å². The largest absolute Gasteiger partial charge is 0.514 e. The van der Waals surface area contributed by atoms with Crippen molar-refractivity contribution in [3.8, 4) is 11.4 Å². The zero-order valence-corrected chi connectivity index (χ0v) is 26.0. The van der Waals surface area contributed by atoms with Gasteiger partial charge in [0, 0.05) is 0 Å². The number of aromatic nitrogens is 2. The third-order valence-corrected chi connectivity index (χ3v) is 8.67. The quantitative estimate of drug-likeness (QED) is 0.510. The fraction of sp³-hybridized carbons (Fsp3) is 0.667. The van der Waals surface area contributed by atoms with E-state index in [2.05, 4.69) is 121 Å². The molecule has 2 aromatic heterocycles. The minimum absolute atomic E-state index is 0.105. The number of hydrogen-bond acceptors (Lipinski definition) is 6. The Morgan fingerprint density at radius 2 is 0.763 bits per heavy atom. The number of rotatable bonds is 3. The average Bonchev–Trinajstić information content (AvgIpc) is 3.11. The fourth-order valence-corrected chi connectivity index (χ4v) is 4.40. The minimum Gasteiger partial charge on any atom is -0.398 e. The van der Waals surface area contributed by atoms with Gasteiger partial charge in [-0.15, -0.1) is 0 Å². The van der Waals surface area contributed by atoms with Crippen LogP contribution in [0.25, 0.3) is 11.4 Å². The van der Waals surface area contributed by atoms with Crippen LogP contribution in [0.3, 0.4) is 0 Å². The van der Waals surface area contributed by atoms with Gasteiger partial charge in [0.05, 0.1) is 45.0 Å². The molecule has 6 nitrogen and oxygen atoms in total. The highest BCUT2D eigenvalue weighted by molar-refractivity contribution is 6.61. The van der Waals surface area contributed by atoms with E-state index in [0.717, 1.165) is 33.7 Å². The second kappa shape index (κ2) is 8.89. The Hall–Kier alpha value is -1.73. The van der Waals surface area contributed by atoms with E-state index in [4.69, 9.17) is 28.6 Å². The Bertz CT molecular complexity index is 1100. The molecule has 0 unspecified atom stereocenters. The lowest BCUT2D eigenvalue weighted by Crippen LogP contribution is -2.41. The Morgan fingerprint density at radius 1 is 0.500 bits per heavy atom. The van der Waals surface area contributed by atoms with E-state index in [1.807, 2.05) is 0 Å². The standard InChI is InChI=1S/C30H46B2N2O4/c1-25(2,3)19-15-21(33-23(17-19)31-35-27(7,8)28(9,10)36-31)22-16-20(26(4,5)6)18-24(34-22)32-37-29(11,12)30(13,14)38-32/h15-18H,1-14H3. The van der Waals surface area contributed by atoms with Crippen LogP contribution in [0.5, 0.6) is 0 Å². The summed E-state index contributed by atoms with van der Waals surface area (Å²) in [6.07, 6.45) is 0. The topological polar surface area (TPSA) is 62.7 Å². The normalized spacial score (nSPS) is 22.3. The average molecular weight is 520 g/mol. The zero-order chi connectivity index (χ0) is 28.7. The first-order valence-corrected chi connectivity index (χ1v) is 13.8. The van der Waals surface area contributed by atoms with Gasteiger partial charge in [0.15, 0.2) is 0 Å². The van der Waals surface area contributed by atoms with Crippen molar-refractivity contribution in [2.45, 2.75) is 130 Å². The van der Waals surface area contributed by atoms with Crippen molar-refractivity contribution in [2.75, 3.05) is 0 Å². The second-order valence-electron chi connectivity index (χ2n) is 15.0. The lowest BCUT2D eigenvalue weighted by atomic mass is 9.77. The Kier molecular flexibility index (Phi) is 6.84. The second-order valence-corrected chi connectivity index (χ2v) is 15.0. The molecule has 2 aromatic rings. The number of pyridine rings is 2. The van der Waals surface area contributed by atoms with E-state index in [0.29, 0.717) is 0 Å². The third-order valence-electron chi connectivity index (χ3n) is 8.67. The van der Waals surface area contributed by atoms with E-state index in [-0.39, 0.29) is 10.8 Å². The van der Waals surface area contributed by atoms with Gasteiger partial charge < -0.3 is 18.6 Å². The molecular formula is C30H46B2N2O4. The summed E-state index contributed by atoms with van der Waals surface area (Å²) in [4.78, 5) is 10.2. The number of hydrogen-bond donors (Lipinski definition) is 0. The van der Waals surface area contributed by atoms with E-state index >= 15 is 0 Å². The molecule has 2 aliphatic rings. The molecule has 0 amide bonds. The van der Waals surface area contributed by atoms with Gasteiger partial charge >= 0.3 is 14.2 Å². The molecule has 0 spiro atoms. The van der Waals surface area contributed by atoms with Crippen LogP contribution in [-0.4, -0.2) is 46.6 Å². The van der Waals surface area contributed by atoms with Gasteiger partial charge in [-0.2, -0.15) is 0 Å². The molecule has 0 N–H and O–H groups in total. The van der Waals surface area contributed by atoms with Crippen LogP contribution < -0.4 is 11.2 Å². The smallest absolute Gasteiger partial charge is 0.398 e. The maximum atomic E-state index is 6.39. The summed E-state index contributed by atoms with van der Waals surface area (Å²) < 4.78 is 25.6. The SMILES string of the molecule is CC(C)(C)c1cc(B2OC(C)(C)C(C)(C)O2)nc(-c2cc(C(C)(C)C)cc(B3OC(C)(C)C(C)(C)O3)n2)c1. The fourth-order valence-electron chi connectivity index (χ4n) is 4.40. The predicted octanol–water partition coefficient (Wildman–Crippen LogP) is 5.34. The molecule has 4 heterocycles. The van der Waals surface area contributed by atoms with Crippen LogP contribution in [0.2, 0.25) is 0 Å². The molecule has 0 radical (unpaired) electrons. The highest BCUT2D eigenvalue weighted by Crippen LogP contribution is 2.38. The van der Waals surface area contributed by atoms with Gasteiger partial charge in [0.2, 0.25) is 0 Å². The Balaban J connectivity index is 1.87. The lowest BCUT2D eigenvalue weighted by Gasteiger charge is -2.32. The molecule has 0 aromatic carbocycles. The highest BCUT2D eigenvalue weighted by Gasteiger charge is 2.53. The van der Waals surface area contributed by atoms with E-state index < -0.39 is 36.6 Å². The van der Waals surface area contributed by atoms with Gasteiger partial charge in [0.1, 0.15) is 0 Å². The molecule has 2 fully saturated rings. The van der Waals surface area contributed by atoms with Crippen molar-refractivity contribution >= 4 is 25.4 Å². The van der Waals surface area contributed by atoms with E-state index in [9.17, 15) is 0 Å². The summed E-state index contributed by atoms with van der Waals surface area (Å²) >= 11 is 0.